The van der Waals surface area contributed by atoms with Crippen LogP contribution in [-0.4, -0.2) is 33.5 Å². The molecule has 1 atom stereocenters. The van der Waals surface area contributed by atoms with Crippen LogP contribution in [0.4, 0.5) is 11.4 Å². The predicted octanol–water partition coefficient (Wildman–Crippen LogP) is 3.39. The van der Waals surface area contributed by atoms with Crippen molar-refractivity contribution in [1.82, 2.24) is 15.2 Å². The minimum atomic E-state index is -0.377. The van der Waals surface area contributed by atoms with E-state index in [4.69, 9.17) is 0 Å². The van der Waals surface area contributed by atoms with E-state index < -0.39 is 0 Å². The maximum absolute atomic E-state index is 12.7. The van der Waals surface area contributed by atoms with E-state index in [-0.39, 0.29) is 24.2 Å². The van der Waals surface area contributed by atoms with Crippen LogP contribution < -0.4 is 10.2 Å². The highest BCUT2D eigenvalue weighted by atomic mass is 16.2. The van der Waals surface area contributed by atoms with Gasteiger partial charge in [-0.15, -0.1) is 0 Å². The second kappa shape index (κ2) is 7.50. The monoisotopic (exact) mass is 389 g/mol. The molecule has 0 radical (unpaired) electrons. The first kappa shape index (κ1) is 18.9. The minimum Gasteiger partial charge on any atom is -0.326 e. The van der Waals surface area contributed by atoms with Crippen LogP contribution in [0.1, 0.15) is 23.4 Å². The lowest BCUT2D eigenvalue weighted by Gasteiger charge is -2.20. The summed E-state index contributed by atoms with van der Waals surface area (Å²) < 4.78 is 0. The first-order valence-corrected chi connectivity index (χ1v) is 9.59. The number of hydrogen-bond acceptors (Lipinski definition) is 4. The van der Waals surface area contributed by atoms with Crippen molar-refractivity contribution in [3.05, 3.63) is 59.4 Å². The zero-order valence-electron chi connectivity index (χ0n) is 16.7. The maximum Gasteiger partial charge on any atom is 0.229 e. The number of nitrogens with zero attached hydrogens (tertiary/aromatic N) is 3. The van der Waals surface area contributed by atoms with Gasteiger partial charge in [0.1, 0.15) is 5.82 Å². The Kier molecular flexibility index (Phi) is 4.88. The highest BCUT2D eigenvalue weighted by Gasteiger charge is 2.35. The number of benzene rings is 2. The summed E-state index contributed by atoms with van der Waals surface area (Å²) in [6.45, 7) is 6.26. The third-order valence-electron chi connectivity index (χ3n) is 5.37. The molecule has 1 unspecified atom stereocenters. The van der Waals surface area contributed by atoms with E-state index in [2.05, 4.69) is 20.5 Å². The second-order valence-electron chi connectivity index (χ2n) is 7.44. The van der Waals surface area contributed by atoms with Crippen LogP contribution in [-0.2, 0) is 9.59 Å². The van der Waals surface area contributed by atoms with E-state index in [0.29, 0.717) is 18.1 Å². The summed E-state index contributed by atoms with van der Waals surface area (Å²) in [7, 11) is 0. The summed E-state index contributed by atoms with van der Waals surface area (Å²) in [6.07, 6.45) is 0.216. The molecule has 7 heteroatoms. The molecule has 1 saturated heterocycles. The summed E-state index contributed by atoms with van der Waals surface area (Å²) in [5.41, 5.74) is 4.63. The fraction of sp³-hybridized carbons (Fsp3) is 0.273. The van der Waals surface area contributed by atoms with E-state index in [1.54, 1.807) is 4.90 Å². The Morgan fingerprint density at radius 3 is 2.59 bits per heavy atom. The number of aryl methyl sites for hydroxylation is 2. The molecule has 7 nitrogen and oxygen atoms in total. The zero-order chi connectivity index (χ0) is 20.5. The van der Waals surface area contributed by atoms with E-state index in [1.165, 1.54) is 0 Å². The van der Waals surface area contributed by atoms with Crippen molar-refractivity contribution in [2.75, 3.05) is 16.8 Å². The summed E-state index contributed by atoms with van der Waals surface area (Å²) in [5.74, 6) is 0.821. The third kappa shape index (κ3) is 3.76. The lowest BCUT2D eigenvalue weighted by molar-refractivity contribution is -0.122. The van der Waals surface area contributed by atoms with Crippen LogP contribution in [0.3, 0.4) is 0 Å². The molecule has 2 heterocycles. The van der Waals surface area contributed by atoms with Crippen LogP contribution in [0.5, 0.6) is 0 Å². The Labute approximate surface area is 169 Å². The molecule has 2 amide bonds. The van der Waals surface area contributed by atoms with Crippen LogP contribution in [0.2, 0.25) is 0 Å². The molecule has 1 aliphatic rings. The van der Waals surface area contributed by atoms with Gasteiger partial charge in [0.2, 0.25) is 11.8 Å². The normalized spacial score (nSPS) is 16.3. The van der Waals surface area contributed by atoms with E-state index in [9.17, 15) is 9.59 Å². The number of H-pyrrole nitrogens is 1. The lowest BCUT2D eigenvalue weighted by atomic mass is 10.1. The Morgan fingerprint density at radius 1 is 1.14 bits per heavy atom. The molecule has 3 aromatic rings. The van der Waals surface area contributed by atoms with Gasteiger partial charge in [-0.3, -0.25) is 14.7 Å². The Balaban J connectivity index is 1.44. The van der Waals surface area contributed by atoms with Crippen LogP contribution in [0.25, 0.3) is 11.4 Å². The first-order chi connectivity index (χ1) is 13.9. The maximum atomic E-state index is 12.7. The average Bonchev–Trinajstić information content (AvgIpc) is 3.30. The van der Waals surface area contributed by atoms with Crippen molar-refractivity contribution in [2.45, 2.75) is 27.2 Å². The van der Waals surface area contributed by atoms with Gasteiger partial charge in [-0.05, 0) is 62.2 Å². The number of rotatable bonds is 4. The number of hydrogen-bond donors (Lipinski definition) is 2. The molecule has 0 spiro atoms. The molecular weight excluding hydrogens is 366 g/mol. The van der Waals surface area contributed by atoms with Crippen molar-refractivity contribution >= 4 is 23.2 Å². The fourth-order valence-corrected chi connectivity index (χ4v) is 3.56. The van der Waals surface area contributed by atoms with Gasteiger partial charge in [-0.25, -0.2) is 4.98 Å². The quantitative estimate of drug-likeness (QED) is 0.716. The lowest BCUT2D eigenvalue weighted by Crippen LogP contribution is -2.28. The third-order valence-corrected chi connectivity index (χ3v) is 5.37. The molecule has 2 N–H and O–H groups in total. The van der Waals surface area contributed by atoms with Crippen molar-refractivity contribution in [3.63, 3.8) is 0 Å². The minimum absolute atomic E-state index is 0.0193. The van der Waals surface area contributed by atoms with Crippen molar-refractivity contribution < 1.29 is 9.59 Å². The van der Waals surface area contributed by atoms with E-state index in [1.807, 2.05) is 63.2 Å². The predicted molar refractivity (Wildman–Crippen MR) is 112 cm³/mol. The smallest absolute Gasteiger partial charge is 0.229 e. The van der Waals surface area contributed by atoms with Gasteiger partial charge in [0, 0.05) is 29.9 Å². The standard InChI is InChI=1S/C22H23N5O2/c1-13-5-4-6-19(14(13)2)27-12-17(11-20(27)28)22(29)24-18-9-7-16(8-10-18)21-23-15(3)25-26-21/h4-10,17H,11-12H2,1-3H3,(H,24,29)(H,23,25,26). The average molecular weight is 389 g/mol. The Morgan fingerprint density at radius 2 is 1.90 bits per heavy atom. The summed E-state index contributed by atoms with van der Waals surface area (Å²) >= 11 is 0. The molecule has 1 aromatic heterocycles. The molecule has 2 aromatic carbocycles. The van der Waals surface area contributed by atoms with E-state index in [0.717, 1.165) is 28.2 Å². The SMILES string of the molecule is Cc1nc(-c2ccc(NC(=O)C3CC(=O)N(c4cccc(C)c4C)C3)cc2)n[nH]1. The van der Waals surface area contributed by atoms with Gasteiger partial charge >= 0.3 is 0 Å². The Hall–Kier alpha value is -3.48. The molecule has 148 valence electrons. The number of anilines is 2. The number of carbonyl (C=O) groups excluding carboxylic acids is 2. The van der Waals surface area contributed by atoms with Gasteiger partial charge in [-0.1, -0.05) is 12.1 Å². The molecule has 0 aliphatic carbocycles. The molecule has 4 rings (SSSR count). The van der Waals surface area contributed by atoms with Crippen molar-refractivity contribution in [1.29, 1.82) is 0 Å². The molecule has 0 saturated carbocycles. The first-order valence-electron chi connectivity index (χ1n) is 9.59. The molecule has 1 aliphatic heterocycles. The molecule has 0 bridgehead atoms. The summed E-state index contributed by atoms with van der Waals surface area (Å²) in [4.78, 5) is 31.3. The highest BCUT2D eigenvalue weighted by Crippen LogP contribution is 2.30. The van der Waals surface area contributed by atoms with Crippen molar-refractivity contribution in [3.8, 4) is 11.4 Å². The molecule has 29 heavy (non-hydrogen) atoms. The number of aromatic nitrogens is 3. The zero-order valence-corrected chi connectivity index (χ0v) is 16.7. The number of aromatic amines is 1. The highest BCUT2D eigenvalue weighted by molar-refractivity contribution is 6.04. The second-order valence-corrected chi connectivity index (χ2v) is 7.44. The largest absolute Gasteiger partial charge is 0.326 e. The molecule has 1 fully saturated rings. The van der Waals surface area contributed by atoms with Crippen LogP contribution in [0, 0.1) is 26.7 Å². The fourth-order valence-electron chi connectivity index (χ4n) is 3.56. The van der Waals surface area contributed by atoms with Gasteiger partial charge in [0.25, 0.3) is 0 Å². The number of amides is 2. The summed E-state index contributed by atoms with van der Waals surface area (Å²) in [6, 6.07) is 13.3. The van der Waals surface area contributed by atoms with E-state index >= 15 is 0 Å². The summed E-state index contributed by atoms with van der Waals surface area (Å²) in [5, 5.41) is 9.86. The number of carbonyl (C=O) groups is 2. The van der Waals surface area contributed by atoms with Crippen molar-refractivity contribution in [2.24, 2.45) is 5.92 Å². The van der Waals surface area contributed by atoms with Gasteiger partial charge < -0.3 is 10.2 Å². The van der Waals surface area contributed by atoms with Crippen LogP contribution in [0.15, 0.2) is 42.5 Å². The van der Waals surface area contributed by atoms with Gasteiger partial charge in [0.15, 0.2) is 5.82 Å². The molecular formula is C22H23N5O2. The van der Waals surface area contributed by atoms with Crippen LogP contribution >= 0.6 is 0 Å². The Bertz CT molecular complexity index is 1070. The topological polar surface area (TPSA) is 91.0 Å². The van der Waals surface area contributed by atoms with Gasteiger partial charge in [0.05, 0.1) is 5.92 Å². The van der Waals surface area contributed by atoms with Gasteiger partial charge in [-0.2, -0.15) is 5.10 Å². The number of nitrogens with one attached hydrogen (secondary N) is 2.